The molecule has 12 heteroatoms. The largest absolute Gasteiger partial charge is 0.479 e. The minimum absolute atomic E-state index is 0.0370. The normalized spacial score (nSPS) is 18.9. The lowest BCUT2D eigenvalue weighted by Gasteiger charge is -2.40. The summed E-state index contributed by atoms with van der Waals surface area (Å²) in [6.45, 7) is 5.65. The number of esters is 3. The summed E-state index contributed by atoms with van der Waals surface area (Å²) in [5, 5.41) is 31.4. The lowest BCUT2D eigenvalue weighted by molar-refractivity contribution is -0.301. The minimum atomic E-state index is -1.92. The average molecular weight is 1080 g/mol. The highest BCUT2D eigenvalue weighted by molar-refractivity contribution is 5.74. The Labute approximate surface area is 465 Å². The van der Waals surface area contributed by atoms with Crippen molar-refractivity contribution in [3.05, 3.63) is 122 Å². The Hall–Kier alpha value is -4.88. The van der Waals surface area contributed by atoms with Crippen molar-refractivity contribution < 1.29 is 58.2 Å². The van der Waals surface area contributed by atoms with Crippen LogP contribution in [0.2, 0.25) is 0 Å². The summed E-state index contributed by atoms with van der Waals surface area (Å²) in [7, 11) is 0. The van der Waals surface area contributed by atoms with Crippen LogP contribution in [0, 0.1) is 0 Å². The zero-order valence-electron chi connectivity index (χ0n) is 47.7. The van der Waals surface area contributed by atoms with E-state index in [4.69, 9.17) is 23.7 Å². The van der Waals surface area contributed by atoms with Crippen LogP contribution in [0.4, 0.5) is 0 Å². The third kappa shape index (κ3) is 41.8. The number of carbonyl (C=O) groups is 4. The molecular weight excluding hydrogens is 973 g/mol. The maximum Gasteiger partial charge on any atom is 0.335 e. The summed E-state index contributed by atoms with van der Waals surface area (Å²) in [5.74, 6) is -3.23. The topological polar surface area (TPSA) is 175 Å². The molecule has 12 nitrogen and oxygen atoms in total. The number of aliphatic hydroxyl groups is 2. The van der Waals surface area contributed by atoms with E-state index in [0.29, 0.717) is 19.3 Å². The Bertz CT molecular complexity index is 1800. The molecule has 0 aromatic rings. The van der Waals surface area contributed by atoms with Gasteiger partial charge in [-0.15, -0.1) is 0 Å². The monoisotopic (exact) mass is 1070 g/mol. The standard InChI is InChI=1S/C65H102O12/c1-4-7-10-13-16-19-22-24-26-28-29-31-32-34-37-39-42-45-48-51-57(66)73-54-56(75-58(67)52-49-46-43-41-38-35-33-30-27-25-23-20-17-14-11-8-5-2)55-74-65-63(61(70)60(69)62(77-65)64(71)72)76-59(68)53-50-47-44-40-36-21-18-15-12-9-6-3/h7-8,10-11,15-20,24-27,29,31,33-35,37,56,60-63,65,69-70H,4-6,9,12-14,21-23,28,30,32,36,38-55H2,1-3H3,(H,71,72)/b10-7-,11-8-,18-15-,19-16-,20-17-,26-24-,27-25-,31-29-,35-33-,37-34-. The van der Waals surface area contributed by atoms with E-state index in [2.05, 4.69) is 142 Å². The summed E-state index contributed by atoms with van der Waals surface area (Å²) in [6, 6.07) is 0. The number of carboxylic acids is 1. The second kappa shape index (κ2) is 51.9. The first-order chi connectivity index (χ1) is 37.6. The van der Waals surface area contributed by atoms with Crippen LogP contribution in [0.5, 0.6) is 0 Å². The molecule has 1 aliphatic heterocycles. The van der Waals surface area contributed by atoms with Gasteiger partial charge in [0.1, 0.15) is 18.8 Å². The summed E-state index contributed by atoms with van der Waals surface area (Å²) < 4.78 is 28.3. The van der Waals surface area contributed by atoms with Crippen LogP contribution in [0.3, 0.4) is 0 Å². The van der Waals surface area contributed by atoms with Crippen LogP contribution in [-0.4, -0.2) is 89.2 Å². The number of hydrogen-bond acceptors (Lipinski definition) is 11. The fourth-order valence-corrected chi connectivity index (χ4v) is 8.01. The van der Waals surface area contributed by atoms with Crippen molar-refractivity contribution in [3.63, 3.8) is 0 Å². The number of carboxylic acid groups (broad SMARTS) is 1. The summed E-state index contributed by atoms with van der Waals surface area (Å²) in [4.78, 5) is 51.1. The van der Waals surface area contributed by atoms with Crippen LogP contribution >= 0.6 is 0 Å². The van der Waals surface area contributed by atoms with E-state index in [0.717, 1.165) is 141 Å². The number of hydrogen-bond donors (Lipinski definition) is 3. The average Bonchev–Trinajstić information content (AvgIpc) is 3.42. The van der Waals surface area contributed by atoms with Crippen molar-refractivity contribution in [1.82, 2.24) is 0 Å². The fraction of sp³-hybridized carbons (Fsp3) is 0.631. The highest BCUT2D eigenvalue weighted by Gasteiger charge is 2.50. The molecule has 0 bridgehead atoms. The Kier molecular flexibility index (Phi) is 47.2. The van der Waals surface area contributed by atoms with Crippen molar-refractivity contribution in [2.24, 2.45) is 0 Å². The number of aliphatic carboxylic acids is 1. The van der Waals surface area contributed by atoms with E-state index in [9.17, 15) is 34.5 Å². The number of rotatable bonds is 48. The number of allylic oxidation sites excluding steroid dienone is 20. The number of aliphatic hydroxyl groups excluding tert-OH is 2. The third-order valence-corrected chi connectivity index (χ3v) is 12.5. The molecule has 0 saturated carbocycles. The maximum absolute atomic E-state index is 13.2. The van der Waals surface area contributed by atoms with Gasteiger partial charge >= 0.3 is 23.9 Å². The molecule has 0 aliphatic carbocycles. The lowest BCUT2D eigenvalue weighted by atomic mass is 9.98. The molecular formula is C65H102O12. The molecule has 1 fully saturated rings. The van der Waals surface area contributed by atoms with Crippen molar-refractivity contribution in [1.29, 1.82) is 0 Å². The Morgan fingerprint density at radius 1 is 0.442 bits per heavy atom. The first-order valence-corrected chi connectivity index (χ1v) is 29.5. The van der Waals surface area contributed by atoms with Gasteiger partial charge in [0.15, 0.2) is 24.6 Å². The van der Waals surface area contributed by atoms with Gasteiger partial charge in [0.25, 0.3) is 0 Å². The van der Waals surface area contributed by atoms with E-state index in [1.54, 1.807) is 0 Å². The number of ether oxygens (including phenoxy) is 5. The predicted molar refractivity (Wildman–Crippen MR) is 312 cm³/mol. The fourth-order valence-electron chi connectivity index (χ4n) is 8.01. The van der Waals surface area contributed by atoms with Gasteiger partial charge in [-0.2, -0.15) is 0 Å². The van der Waals surface area contributed by atoms with E-state index < -0.39 is 67.3 Å². The summed E-state index contributed by atoms with van der Waals surface area (Å²) >= 11 is 0. The molecule has 6 atom stereocenters. The molecule has 0 spiro atoms. The molecule has 0 aromatic heterocycles. The third-order valence-electron chi connectivity index (χ3n) is 12.5. The van der Waals surface area contributed by atoms with Gasteiger partial charge in [-0.05, 0) is 122 Å². The van der Waals surface area contributed by atoms with Gasteiger partial charge < -0.3 is 39.0 Å². The van der Waals surface area contributed by atoms with Crippen LogP contribution < -0.4 is 0 Å². The second-order valence-corrected chi connectivity index (χ2v) is 19.5. The molecule has 434 valence electrons. The van der Waals surface area contributed by atoms with Crippen molar-refractivity contribution in [2.45, 2.75) is 250 Å². The number of unbranched alkanes of at least 4 members (excludes halogenated alkanes) is 14. The van der Waals surface area contributed by atoms with Gasteiger partial charge in [0.05, 0.1) is 6.61 Å². The summed E-state index contributed by atoms with van der Waals surface area (Å²) in [6.07, 6.45) is 58.9. The smallest absolute Gasteiger partial charge is 0.335 e. The summed E-state index contributed by atoms with van der Waals surface area (Å²) in [5.41, 5.74) is 0. The zero-order chi connectivity index (χ0) is 56.1. The molecule has 1 saturated heterocycles. The van der Waals surface area contributed by atoms with Gasteiger partial charge in [0, 0.05) is 19.3 Å². The minimum Gasteiger partial charge on any atom is -0.479 e. The van der Waals surface area contributed by atoms with Crippen LogP contribution in [0.1, 0.15) is 213 Å². The molecule has 0 aromatic carbocycles. The molecule has 1 heterocycles. The molecule has 3 N–H and O–H groups in total. The maximum atomic E-state index is 13.2. The van der Waals surface area contributed by atoms with Gasteiger partial charge in [-0.25, -0.2) is 4.79 Å². The first kappa shape index (κ1) is 70.1. The first-order valence-electron chi connectivity index (χ1n) is 29.5. The van der Waals surface area contributed by atoms with E-state index in [1.807, 2.05) is 0 Å². The van der Waals surface area contributed by atoms with Crippen molar-refractivity contribution in [3.8, 4) is 0 Å². The molecule has 0 amide bonds. The molecule has 0 radical (unpaired) electrons. The molecule has 6 unspecified atom stereocenters. The molecule has 1 aliphatic rings. The number of carbonyl (C=O) groups excluding carboxylic acids is 3. The Morgan fingerprint density at radius 2 is 0.818 bits per heavy atom. The molecule has 77 heavy (non-hydrogen) atoms. The zero-order valence-corrected chi connectivity index (χ0v) is 47.7. The Balaban J connectivity index is 2.74. The quantitative estimate of drug-likeness (QED) is 0.0228. The van der Waals surface area contributed by atoms with Crippen molar-refractivity contribution >= 4 is 23.9 Å². The van der Waals surface area contributed by atoms with Gasteiger partial charge in [0.2, 0.25) is 0 Å². The second-order valence-electron chi connectivity index (χ2n) is 19.5. The Morgan fingerprint density at radius 3 is 1.27 bits per heavy atom. The lowest BCUT2D eigenvalue weighted by Crippen LogP contribution is -2.61. The molecule has 1 rings (SSSR count). The SMILES string of the molecule is CC/C=C\C/C=C\C/C=C\C/C=C\C/C=C\CCCCCC(=O)OCC(COC1OC(C(=O)O)C(O)C(O)C1OC(=O)CCCCCCC/C=C\CCCC)OC(=O)CCCCCC/C=C\C/C=C\C/C=C\C/C=C\CC. The van der Waals surface area contributed by atoms with Crippen LogP contribution in [0.25, 0.3) is 0 Å². The van der Waals surface area contributed by atoms with Gasteiger partial charge in [-0.3, -0.25) is 14.4 Å². The van der Waals surface area contributed by atoms with E-state index >= 15 is 0 Å². The van der Waals surface area contributed by atoms with E-state index in [1.165, 1.54) is 12.8 Å². The van der Waals surface area contributed by atoms with E-state index in [-0.39, 0.29) is 25.9 Å². The van der Waals surface area contributed by atoms with Crippen LogP contribution in [-0.2, 0) is 42.9 Å². The predicted octanol–water partition coefficient (Wildman–Crippen LogP) is 15.2. The van der Waals surface area contributed by atoms with Crippen LogP contribution in [0.15, 0.2) is 122 Å². The van der Waals surface area contributed by atoms with Gasteiger partial charge in [-0.1, -0.05) is 194 Å². The highest BCUT2D eigenvalue weighted by atomic mass is 16.7. The highest BCUT2D eigenvalue weighted by Crippen LogP contribution is 2.26. The van der Waals surface area contributed by atoms with Crippen molar-refractivity contribution in [2.75, 3.05) is 13.2 Å².